The average molecular weight is 508 g/mol. The molecule has 1 aliphatic carbocycles. The number of anilines is 1. The van der Waals surface area contributed by atoms with Gasteiger partial charge in [-0.05, 0) is 36.3 Å². The average Bonchev–Trinajstić information content (AvgIpc) is 2.78. The zero-order valence-corrected chi connectivity index (χ0v) is 19.6. The van der Waals surface area contributed by atoms with Gasteiger partial charge < -0.3 is 9.15 Å². The lowest BCUT2D eigenvalue weighted by molar-refractivity contribution is 0.245. The molecular weight excluding hydrogens is 489 g/mol. The van der Waals surface area contributed by atoms with Crippen LogP contribution in [0.5, 0.6) is 6.01 Å². The van der Waals surface area contributed by atoms with E-state index in [2.05, 4.69) is 15.0 Å². The molecule has 10 nitrogen and oxygen atoms in total. The van der Waals surface area contributed by atoms with Crippen LogP contribution in [0.1, 0.15) is 23.1 Å². The first-order valence-electron chi connectivity index (χ1n) is 10.0. The lowest BCUT2D eigenvalue weighted by atomic mass is 9.99. The van der Waals surface area contributed by atoms with Crippen molar-refractivity contribution < 1.29 is 22.0 Å². The Balaban J connectivity index is 1.65. The molecular formula is C21H19ClFN5O5S. The molecule has 3 aromatic heterocycles. The molecule has 13 heteroatoms. The lowest BCUT2D eigenvalue weighted by Gasteiger charge is -2.16. The number of hydrogen-bond donors (Lipinski definition) is 2. The van der Waals surface area contributed by atoms with E-state index in [-0.39, 0.29) is 28.7 Å². The maximum absolute atomic E-state index is 14.9. The zero-order chi connectivity index (χ0) is 24.5. The first kappa shape index (κ1) is 23.8. The second kappa shape index (κ2) is 9.49. The number of halogens is 2. The molecule has 3 aromatic rings. The molecule has 0 amide bonds. The normalized spacial score (nSPS) is 15.1. The van der Waals surface area contributed by atoms with Crippen LogP contribution in [0.4, 0.5) is 10.2 Å². The fourth-order valence-electron chi connectivity index (χ4n) is 3.42. The largest absolute Gasteiger partial charge is 0.455 e. The Morgan fingerprint density at radius 3 is 2.79 bits per heavy atom. The Labute approximate surface area is 198 Å². The van der Waals surface area contributed by atoms with E-state index < -0.39 is 33.6 Å². The van der Waals surface area contributed by atoms with E-state index >= 15 is 0 Å². The van der Waals surface area contributed by atoms with E-state index in [1.807, 2.05) is 15.5 Å². The van der Waals surface area contributed by atoms with Crippen LogP contribution >= 0.6 is 11.6 Å². The van der Waals surface area contributed by atoms with Crippen molar-refractivity contribution in [2.75, 3.05) is 11.8 Å². The molecule has 0 saturated carbocycles. The predicted molar refractivity (Wildman–Crippen MR) is 123 cm³/mol. The Morgan fingerprint density at radius 1 is 1.29 bits per heavy atom. The number of aromatic nitrogens is 3. The van der Waals surface area contributed by atoms with Crippen molar-refractivity contribution in [3.05, 3.63) is 73.2 Å². The lowest BCUT2D eigenvalue weighted by Crippen LogP contribution is -2.39. The molecule has 2 N–H and O–H groups in total. The van der Waals surface area contributed by atoms with Crippen molar-refractivity contribution in [2.45, 2.75) is 25.9 Å². The van der Waals surface area contributed by atoms with Gasteiger partial charge in [0.15, 0.2) is 11.6 Å². The van der Waals surface area contributed by atoms with Crippen molar-refractivity contribution in [3.63, 3.8) is 0 Å². The van der Waals surface area contributed by atoms with E-state index in [9.17, 15) is 17.6 Å². The summed E-state index contributed by atoms with van der Waals surface area (Å²) in [6.07, 6.45) is 6.08. The second-order valence-corrected chi connectivity index (χ2v) is 9.32. The van der Waals surface area contributed by atoms with Gasteiger partial charge in [-0.25, -0.2) is 23.9 Å². The number of hydrogen-bond acceptors (Lipinski definition) is 8. The van der Waals surface area contributed by atoms with Gasteiger partial charge in [-0.3, -0.25) is 4.72 Å². The second-order valence-electron chi connectivity index (χ2n) is 7.31. The summed E-state index contributed by atoms with van der Waals surface area (Å²) in [5, 5.41) is 0.925. The minimum absolute atomic E-state index is 0.0817. The molecule has 3 heterocycles. The quantitative estimate of drug-likeness (QED) is 0.448. The highest BCUT2D eigenvalue weighted by Gasteiger charge is 2.20. The van der Waals surface area contributed by atoms with Crippen LogP contribution in [0.25, 0.3) is 12.2 Å². The minimum Gasteiger partial charge on any atom is -0.455 e. The van der Waals surface area contributed by atoms with Crippen molar-refractivity contribution in [1.82, 2.24) is 19.7 Å². The van der Waals surface area contributed by atoms with Gasteiger partial charge >= 0.3 is 11.6 Å². The van der Waals surface area contributed by atoms with Crippen LogP contribution in [0.2, 0.25) is 5.15 Å². The highest BCUT2D eigenvalue weighted by atomic mass is 35.5. The first-order valence-corrected chi connectivity index (χ1v) is 11.9. The number of rotatable bonds is 7. The third kappa shape index (κ3) is 5.08. The fourth-order valence-corrected chi connectivity index (χ4v) is 4.05. The summed E-state index contributed by atoms with van der Waals surface area (Å²) in [4.78, 5) is 24.5. The maximum Gasteiger partial charge on any atom is 0.340 e. The highest BCUT2D eigenvalue weighted by Crippen LogP contribution is 2.19. The molecule has 0 spiro atoms. The van der Waals surface area contributed by atoms with E-state index in [0.29, 0.717) is 22.6 Å². The SMILES string of the molecule is CNS(=O)(=O)Nc1nccc(Cc2c(C)c3c(oc2=O)=CC(Oc2nccc(Cl)n2)CC=3)c1F. The molecule has 34 heavy (non-hydrogen) atoms. The van der Waals surface area contributed by atoms with Gasteiger partial charge in [0, 0.05) is 43.1 Å². The van der Waals surface area contributed by atoms with Gasteiger partial charge in [0.05, 0.1) is 0 Å². The molecule has 0 saturated heterocycles. The third-order valence-electron chi connectivity index (χ3n) is 5.16. The van der Waals surface area contributed by atoms with E-state index in [1.165, 1.54) is 31.6 Å². The van der Waals surface area contributed by atoms with E-state index in [4.69, 9.17) is 20.8 Å². The Hall–Kier alpha value is -3.35. The van der Waals surface area contributed by atoms with Gasteiger partial charge in [0.1, 0.15) is 16.7 Å². The molecule has 0 aromatic carbocycles. The van der Waals surface area contributed by atoms with Crippen molar-refractivity contribution >= 4 is 39.8 Å². The Morgan fingerprint density at radius 2 is 2.06 bits per heavy atom. The molecule has 1 aliphatic rings. The molecule has 178 valence electrons. The molecule has 0 aliphatic heterocycles. The van der Waals surface area contributed by atoms with Crippen LogP contribution < -0.4 is 30.4 Å². The molecule has 1 unspecified atom stereocenters. The highest BCUT2D eigenvalue weighted by molar-refractivity contribution is 7.90. The van der Waals surface area contributed by atoms with Gasteiger partial charge in [-0.2, -0.15) is 13.4 Å². The zero-order valence-electron chi connectivity index (χ0n) is 18.0. The number of ether oxygens (including phenoxy) is 1. The summed E-state index contributed by atoms with van der Waals surface area (Å²) in [7, 11) is -2.79. The molecule has 0 radical (unpaired) electrons. The van der Waals surface area contributed by atoms with E-state index in [0.717, 1.165) is 0 Å². The summed E-state index contributed by atoms with van der Waals surface area (Å²) >= 11 is 5.85. The number of pyridine rings is 1. The summed E-state index contributed by atoms with van der Waals surface area (Å²) in [5.41, 5.74) is 0.622. The molecule has 0 bridgehead atoms. The van der Waals surface area contributed by atoms with Crippen molar-refractivity contribution in [3.8, 4) is 6.01 Å². The van der Waals surface area contributed by atoms with Crippen LogP contribution in [-0.2, 0) is 16.6 Å². The van der Waals surface area contributed by atoms with E-state index in [1.54, 1.807) is 13.0 Å². The number of nitrogens with zero attached hydrogens (tertiary/aromatic N) is 3. The van der Waals surface area contributed by atoms with Gasteiger partial charge in [0.2, 0.25) is 0 Å². The smallest absolute Gasteiger partial charge is 0.340 e. The Kier molecular flexibility index (Phi) is 6.64. The topological polar surface area (TPSA) is 136 Å². The fraction of sp³-hybridized carbons (Fsp3) is 0.238. The van der Waals surface area contributed by atoms with Crippen LogP contribution in [0.3, 0.4) is 0 Å². The van der Waals surface area contributed by atoms with Crippen molar-refractivity contribution in [2.24, 2.45) is 0 Å². The number of fused-ring (bicyclic) bond motifs is 1. The van der Waals surface area contributed by atoms with Crippen LogP contribution in [-0.4, -0.2) is 36.5 Å². The van der Waals surface area contributed by atoms with Gasteiger partial charge in [-0.1, -0.05) is 17.7 Å². The summed E-state index contributed by atoms with van der Waals surface area (Å²) < 4.78 is 53.5. The van der Waals surface area contributed by atoms with Crippen LogP contribution in [0.15, 0.2) is 33.7 Å². The predicted octanol–water partition coefficient (Wildman–Crippen LogP) is 0.805. The van der Waals surface area contributed by atoms with Crippen molar-refractivity contribution in [1.29, 1.82) is 0 Å². The summed E-state index contributed by atoms with van der Waals surface area (Å²) in [5.74, 6) is -1.36. The minimum atomic E-state index is -3.96. The van der Waals surface area contributed by atoms with Gasteiger partial charge in [-0.15, -0.1) is 0 Å². The monoisotopic (exact) mass is 507 g/mol. The first-order chi connectivity index (χ1) is 16.2. The molecule has 4 rings (SSSR count). The maximum atomic E-state index is 14.9. The summed E-state index contributed by atoms with van der Waals surface area (Å²) in [6.45, 7) is 1.74. The Bertz CT molecular complexity index is 1540. The molecule has 0 fully saturated rings. The summed E-state index contributed by atoms with van der Waals surface area (Å²) in [6, 6.07) is 2.99. The molecule has 1 atom stereocenters. The third-order valence-corrected chi connectivity index (χ3v) is 6.37. The number of nitrogens with one attached hydrogen (secondary N) is 2. The standard InChI is InChI=1S/C21H19ClFN5O5S/c1-11-14-4-3-13(32-21-26-8-6-17(22)27-21)10-16(14)33-20(29)15(11)9-12-5-7-25-19(18(12)23)28-34(30,31)24-2/h4-8,10,13,24H,3,9H2,1-2H3,(H,25,28). The van der Waals surface area contributed by atoms with Gasteiger partial charge in [0.25, 0.3) is 10.2 Å². The van der Waals surface area contributed by atoms with Crippen LogP contribution in [0, 0.1) is 12.7 Å².